The molecule has 1 aliphatic heterocycles. The van der Waals surface area contributed by atoms with Crippen LogP contribution in [-0.2, 0) is 21.2 Å². The van der Waals surface area contributed by atoms with E-state index in [4.69, 9.17) is 16.9 Å². The largest absolute Gasteiger partial charge is 0.325 e. The van der Waals surface area contributed by atoms with E-state index in [-0.39, 0.29) is 10.8 Å². The van der Waals surface area contributed by atoms with Crippen LogP contribution in [0.15, 0.2) is 53.4 Å². The van der Waals surface area contributed by atoms with Crippen LogP contribution in [0, 0.1) is 11.3 Å². The van der Waals surface area contributed by atoms with Gasteiger partial charge in [0.25, 0.3) is 0 Å². The Kier molecular flexibility index (Phi) is 5.80. The predicted octanol–water partition coefficient (Wildman–Crippen LogP) is 3.20. The third kappa shape index (κ3) is 4.30. The molecule has 0 saturated carbocycles. The summed E-state index contributed by atoms with van der Waals surface area (Å²) in [6, 6.07) is 14.2. The number of nitrogens with one attached hydrogen (secondary N) is 1. The zero-order valence-corrected chi connectivity index (χ0v) is 16.0. The Hall–Kier alpha value is -2.40. The quantitative estimate of drug-likeness (QED) is 0.829. The van der Waals surface area contributed by atoms with E-state index in [1.54, 1.807) is 24.3 Å². The maximum Gasteiger partial charge on any atom is 0.243 e. The summed E-state index contributed by atoms with van der Waals surface area (Å²) in [4.78, 5) is 12.8. The van der Waals surface area contributed by atoms with Gasteiger partial charge in [0.1, 0.15) is 6.04 Å². The molecule has 8 heteroatoms. The lowest BCUT2D eigenvalue weighted by molar-refractivity contribution is -0.119. The van der Waals surface area contributed by atoms with Crippen molar-refractivity contribution in [3.8, 4) is 6.07 Å². The molecule has 1 heterocycles. The van der Waals surface area contributed by atoms with Gasteiger partial charge < -0.3 is 5.32 Å². The standard InChI is InChI=1S/C19H18ClN3O3S/c20-15-5-9-17(10-6-15)27(25,26)23-13-1-2-18(23)19(24)22-16-7-3-14(4-8-16)11-12-21/h3-10,18H,1-2,11,13H2,(H,22,24)/t18-/m0/s1. The lowest BCUT2D eigenvalue weighted by Crippen LogP contribution is -2.43. The number of hydrogen-bond donors (Lipinski definition) is 1. The monoisotopic (exact) mass is 403 g/mol. The first-order valence-electron chi connectivity index (χ1n) is 8.46. The summed E-state index contributed by atoms with van der Waals surface area (Å²) < 4.78 is 27.0. The highest BCUT2D eigenvalue weighted by Gasteiger charge is 2.39. The first kappa shape index (κ1) is 19.4. The molecule has 0 aromatic heterocycles. The molecule has 0 spiro atoms. The van der Waals surface area contributed by atoms with E-state index in [0.29, 0.717) is 36.5 Å². The van der Waals surface area contributed by atoms with Gasteiger partial charge in [0, 0.05) is 17.3 Å². The van der Waals surface area contributed by atoms with Crippen LogP contribution in [0.2, 0.25) is 5.02 Å². The Labute approximate surface area is 163 Å². The number of rotatable bonds is 5. The van der Waals surface area contributed by atoms with Gasteiger partial charge in [0.05, 0.1) is 17.4 Å². The molecule has 6 nitrogen and oxygen atoms in total. The second kappa shape index (κ2) is 8.09. The highest BCUT2D eigenvalue weighted by atomic mass is 35.5. The first-order valence-corrected chi connectivity index (χ1v) is 10.3. The topological polar surface area (TPSA) is 90.3 Å². The molecule has 2 aromatic carbocycles. The van der Waals surface area contributed by atoms with Crippen LogP contribution in [0.4, 0.5) is 5.69 Å². The number of sulfonamides is 1. The van der Waals surface area contributed by atoms with E-state index in [9.17, 15) is 13.2 Å². The molecule has 27 heavy (non-hydrogen) atoms. The zero-order valence-electron chi connectivity index (χ0n) is 14.4. The number of nitrogens with zero attached hydrogens (tertiary/aromatic N) is 2. The van der Waals surface area contributed by atoms with Crippen LogP contribution in [0.3, 0.4) is 0 Å². The highest BCUT2D eigenvalue weighted by Crippen LogP contribution is 2.27. The Bertz CT molecular complexity index is 967. The van der Waals surface area contributed by atoms with Crippen LogP contribution in [0.1, 0.15) is 18.4 Å². The minimum absolute atomic E-state index is 0.118. The summed E-state index contributed by atoms with van der Waals surface area (Å²) in [7, 11) is -3.78. The lowest BCUT2D eigenvalue weighted by atomic mass is 10.1. The number of hydrogen-bond acceptors (Lipinski definition) is 4. The van der Waals surface area contributed by atoms with Gasteiger partial charge in [-0.1, -0.05) is 23.7 Å². The number of anilines is 1. The smallest absolute Gasteiger partial charge is 0.243 e. The first-order chi connectivity index (χ1) is 12.9. The maximum atomic E-state index is 12.9. The molecule has 1 aliphatic rings. The summed E-state index contributed by atoms with van der Waals surface area (Å²) in [5.41, 5.74) is 1.42. The maximum absolute atomic E-state index is 12.9. The molecule has 2 aromatic rings. The minimum Gasteiger partial charge on any atom is -0.325 e. The molecular weight excluding hydrogens is 386 g/mol. The third-order valence-electron chi connectivity index (χ3n) is 4.43. The van der Waals surface area contributed by atoms with Crippen molar-refractivity contribution in [1.82, 2.24) is 4.31 Å². The Balaban J connectivity index is 1.76. The SMILES string of the molecule is N#CCc1ccc(NC(=O)[C@@H]2CCCN2S(=O)(=O)c2ccc(Cl)cc2)cc1. The van der Waals surface area contributed by atoms with Crippen LogP contribution < -0.4 is 5.32 Å². The lowest BCUT2D eigenvalue weighted by Gasteiger charge is -2.23. The number of benzene rings is 2. The molecule has 140 valence electrons. The molecule has 0 unspecified atom stereocenters. The van der Waals surface area contributed by atoms with Gasteiger partial charge in [-0.05, 0) is 54.8 Å². The zero-order chi connectivity index (χ0) is 19.4. The van der Waals surface area contributed by atoms with Gasteiger partial charge in [-0.15, -0.1) is 0 Å². The normalized spacial score (nSPS) is 17.4. The molecule has 1 atom stereocenters. The fraction of sp³-hybridized carbons (Fsp3) is 0.263. The average molecular weight is 404 g/mol. The number of carbonyl (C=O) groups excluding carboxylic acids is 1. The summed E-state index contributed by atoms with van der Waals surface area (Å²) in [6.07, 6.45) is 1.38. The van der Waals surface area contributed by atoms with Crippen molar-refractivity contribution in [2.75, 3.05) is 11.9 Å². The summed E-state index contributed by atoms with van der Waals surface area (Å²) in [6.45, 7) is 0.296. The van der Waals surface area contributed by atoms with Gasteiger partial charge in [-0.25, -0.2) is 8.42 Å². The fourth-order valence-corrected chi connectivity index (χ4v) is 4.84. The summed E-state index contributed by atoms with van der Waals surface area (Å²) in [5, 5.41) is 11.9. The van der Waals surface area contributed by atoms with Crippen molar-refractivity contribution in [1.29, 1.82) is 5.26 Å². The summed E-state index contributed by atoms with van der Waals surface area (Å²) in [5.74, 6) is -0.363. The van der Waals surface area contributed by atoms with E-state index < -0.39 is 16.1 Å². The van der Waals surface area contributed by atoms with E-state index in [0.717, 1.165) is 5.56 Å². The van der Waals surface area contributed by atoms with Gasteiger partial charge in [0.15, 0.2) is 0 Å². The number of nitriles is 1. The van der Waals surface area contributed by atoms with Crippen molar-refractivity contribution in [3.05, 3.63) is 59.1 Å². The minimum atomic E-state index is -3.78. The second-order valence-corrected chi connectivity index (χ2v) is 8.58. The molecule has 0 bridgehead atoms. The molecule has 0 aliphatic carbocycles. The van der Waals surface area contributed by atoms with Crippen molar-refractivity contribution in [2.24, 2.45) is 0 Å². The van der Waals surface area contributed by atoms with Gasteiger partial charge in [-0.2, -0.15) is 9.57 Å². The molecule has 1 amide bonds. The molecule has 0 radical (unpaired) electrons. The third-order valence-corrected chi connectivity index (χ3v) is 6.61. The van der Waals surface area contributed by atoms with E-state index in [2.05, 4.69) is 11.4 Å². The summed E-state index contributed by atoms with van der Waals surface area (Å²) >= 11 is 5.83. The highest BCUT2D eigenvalue weighted by molar-refractivity contribution is 7.89. The van der Waals surface area contributed by atoms with Gasteiger partial charge in [0.2, 0.25) is 15.9 Å². The van der Waals surface area contributed by atoms with Crippen LogP contribution in [0.25, 0.3) is 0 Å². The van der Waals surface area contributed by atoms with Gasteiger partial charge >= 0.3 is 0 Å². The second-order valence-electron chi connectivity index (χ2n) is 6.25. The van der Waals surface area contributed by atoms with E-state index in [1.807, 2.05) is 0 Å². The Morgan fingerprint density at radius 1 is 1.19 bits per heavy atom. The number of halogens is 1. The van der Waals surface area contributed by atoms with Crippen molar-refractivity contribution >= 4 is 33.2 Å². The number of carbonyl (C=O) groups is 1. The van der Waals surface area contributed by atoms with Gasteiger partial charge in [-0.3, -0.25) is 4.79 Å². The molecule has 3 rings (SSSR count). The fourth-order valence-electron chi connectivity index (χ4n) is 3.05. The van der Waals surface area contributed by atoms with E-state index in [1.165, 1.54) is 28.6 Å². The predicted molar refractivity (Wildman–Crippen MR) is 103 cm³/mol. The Morgan fingerprint density at radius 2 is 1.85 bits per heavy atom. The average Bonchev–Trinajstić information content (AvgIpc) is 3.15. The Morgan fingerprint density at radius 3 is 2.48 bits per heavy atom. The molecular formula is C19H18ClN3O3S. The van der Waals surface area contributed by atoms with Crippen LogP contribution >= 0.6 is 11.6 Å². The van der Waals surface area contributed by atoms with Crippen LogP contribution in [0.5, 0.6) is 0 Å². The molecule has 1 fully saturated rings. The van der Waals surface area contributed by atoms with Crippen molar-refractivity contribution < 1.29 is 13.2 Å². The molecule has 1 saturated heterocycles. The number of amides is 1. The molecule has 1 N–H and O–H groups in total. The van der Waals surface area contributed by atoms with Crippen molar-refractivity contribution in [3.63, 3.8) is 0 Å². The van der Waals surface area contributed by atoms with Crippen LogP contribution in [-0.4, -0.2) is 31.2 Å². The van der Waals surface area contributed by atoms with Crippen molar-refractivity contribution in [2.45, 2.75) is 30.2 Å². The van der Waals surface area contributed by atoms with E-state index >= 15 is 0 Å².